The molecule has 10 atom stereocenters. The fourth-order valence-corrected chi connectivity index (χ4v) is 9.37. The van der Waals surface area contributed by atoms with Gasteiger partial charge in [-0.05, 0) is 60.9 Å². The van der Waals surface area contributed by atoms with Crippen molar-refractivity contribution in [2.75, 3.05) is 198 Å². The van der Waals surface area contributed by atoms with E-state index in [1.807, 2.05) is 30.3 Å². The maximum atomic E-state index is 13.5. The van der Waals surface area contributed by atoms with Crippen LogP contribution < -0.4 is 41.4 Å². The largest absolute Gasteiger partial charge is 0.484 e. The number of ether oxygens (including phenoxy) is 17. The van der Waals surface area contributed by atoms with E-state index in [0.717, 1.165) is 5.56 Å². The van der Waals surface area contributed by atoms with Gasteiger partial charge < -0.3 is 143 Å². The smallest absolute Gasteiger partial charge is 0.407 e. The quantitative estimate of drug-likeness (QED) is 0.0269. The van der Waals surface area contributed by atoms with Crippen LogP contribution in [-0.2, 0) is 96.8 Å². The molecule has 2 aliphatic heterocycles. The molecule has 2 heterocycles. The van der Waals surface area contributed by atoms with Gasteiger partial charge in [0.05, 0.1) is 158 Å². The summed E-state index contributed by atoms with van der Waals surface area (Å²) in [7, 11) is 0. The standard InChI is InChI=1S/C69H106N6O29/c1-48-60(80)62(82)64(84)67(103-48)98-40-38-92-22-16-70-56(76)12-20-88-26-30-94-34-36-96-32-28-90-24-18-72-58(78)46-100-54-10-8-51(9-11-54)52-42-53(66(86)74-14-15-75-69(87)102-45-50-6-4-3-5-7-50)44-55(43-52)101-47-59(79)73-19-25-91-29-33-97-37-35-95-31-27-89-21-13-57(77)71-17-23-93-39-41-99-68-65(85)63(83)61(81)49(2)104-68/h3-11,42-44,48-49,60-65,67-68,80-85H,12-41,45-47H2,1-2H3,(H,70,76)(H,71,77)(H,72,78)(H,73,79)(H,74,86)(H,75,87)/t48-,49-,60-,61-,62+,63+,64+,65+,67+,68+/m0/s1. The molecule has 35 nitrogen and oxygen atoms in total. The lowest BCUT2D eigenvalue weighted by molar-refractivity contribution is -0.294. The Balaban J connectivity index is 0.861. The number of rotatable bonds is 57. The Morgan fingerprint density at radius 3 is 1.19 bits per heavy atom. The third kappa shape index (κ3) is 37.9. The van der Waals surface area contributed by atoms with E-state index < -0.39 is 79.3 Å². The number of alkyl carbamates (subject to hydrolysis) is 1. The summed E-state index contributed by atoms with van der Waals surface area (Å²) in [6.07, 6.45) is -11.9. The van der Waals surface area contributed by atoms with E-state index >= 15 is 0 Å². The van der Waals surface area contributed by atoms with Gasteiger partial charge in [0.25, 0.3) is 17.7 Å². The van der Waals surface area contributed by atoms with Crippen LogP contribution in [0.4, 0.5) is 4.79 Å². The summed E-state index contributed by atoms with van der Waals surface area (Å²) in [6.45, 7) is 9.16. The van der Waals surface area contributed by atoms with Gasteiger partial charge in [0.2, 0.25) is 11.8 Å². The van der Waals surface area contributed by atoms with Crippen molar-refractivity contribution in [1.82, 2.24) is 31.9 Å². The van der Waals surface area contributed by atoms with Gasteiger partial charge in [-0.1, -0.05) is 42.5 Å². The van der Waals surface area contributed by atoms with Crippen molar-refractivity contribution in [2.24, 2.45) is 0 Å². The van der Waals surface area contributed by atoms with Crippen molar-refractivity contribution in [3.05, 3.63) is 83.9 Å². The Morgan fingerprint density at radius 1 is 0.365 bits per heavy atom. The van der Waals surface area contributed by atoms with Crippen LogP contribution >= 0.6 is 0 Å². The average molecular weight is 1480 g/mol. The molecule has 0 unspecified atom stereocenters. The van der Waals surface area contributed by atoms with Crippen LogP contribution in [0.15, 0.2) is 72.8 Å². The van der Waals surface area contributed by atoms with Gasteiger partial charge in [0.15, 0.2) is 25.8 Å². The first-order valence-corrected chi connectivity index (χ1v) is 34.7. The Morgan fingerprint density at radius 2 is 0.750 bits per heavy atom. The second-order valence-corrected chi connectivity index (χ2v) is 23.2. The highest BCUT2D eigenvalue weighted by atomic mass is 16.7. The Hall–Kier alpha value is -6.92. The normalized spacial score (nSPS) is 20.1. The zero-order valence-corrected chi connectivity index (χ0v) is 59.1. The first-order chi connectivity index (χ1) is 50.5. The van der Waals surface area contributed by atoms with Crippen LogP contribution in [0.1, 0.15) is 42.6 Å². The number of aliphatic hydroxyl groups excluding tert-OH is 6. The maximum absolute atomic E-state index is 13.5. The molecule has 6 amide bonds. The third-order valence-electron chi connectivity index (χ3n) is 15.1. The molecule has 586 valence electrons. The van der Waals surface area contributed by atoms with Crippen molar-refractivity contribution in [3.8, 4) is 22.6 Å². The van der Waals surface area contributed by atoms with E-state index in [2.05, 4.69) is 31.9 Å². The van der Waals surface area contributed by atoms with Crippen molar-refractivity contribution < 1.29 is 140 Å². The number of amides is 6. The number of hydrogen-bond donors (Lipinski definition) is 12. The first kappa shape index (κ1) is 87.7. The second kappa shape index (κ2) is 53.8. The van der Waals surface area contributed by atoms with Crippen LogP contribution in [0.2, 0.25) is 0 Å². The summed E-state index contributed by atoms with van der Waals surface area (Å²) in [5, 5.41) is 75.5. The molecule has 3 aromatic rings. The molecule has 2 fully saturated rings. The molecule has 0 saturated carbocycles. The van der Waals surface area contributed by atoms with E-state index in [4.69, 9.17) is 80.5 Å². The highest BCUT2D eigenvalue weighted by Gasteiger charge is 2.43. The monoisotopic (exact) mass is 1480 g/mol. The number of nitrogens with one attached hydrogen (secondary N) is 6. The van der Waals surface area contributed by atoms with Gasteiger partial charge in [-0.15, -0.1) is 0 Å². The van der Waals surface area contributed by atoms with E-state index in [9.17, 15) is 59.4 Å². The summed E-state index contributed by atoms with van der Waals surface area (Å²) in [4.78, 5) is 75.3. The van der Waals surface area contributed by atoms with Crippen molar-refractivity contribution in [1.29, 1.82) is 0 Å². The van der Waals surface area contributed by atoms with Crippen molar-refractivity contribution >= 4 is 35.6 Å². The fraction of sp³-hybridized carbons (Fsp3) is 0.652. The average Bonchev–Trinajstić information content (AvgIpc) is 0.844. The highest BCUT2D eigenvalue weighted by molar-refractivity contribution is 5.96. The minimum Gasteiger partial charge on any atom is -0.484 e. The van der Waals surface area contributed by atoms with Gasteiger partial charge in [-0.25, -0.2) is 4.79 Å². The lowest BCUT2D eigenvalue weighted by Gasteiger charge is -2.38. The van der Waals surface area contributed by atoms with Crippen LogP contribution in [0.5, 0.6) is 11.5 Å². The molecular weight excluding hydrogens is 1380 g/mol. The van der Waals surface area contributed by atoms with Gasteiger partial charge >= 0.3 is 6.09 Å². The summed E-state index contributed by atoms with van der Waals surface area (Å²) in [6, 6.07) is 20.8. The molecule has 0 bridgehead atoms. The third-order valence-corrected chi connectivity index (χ3v) is 15.1. The molecule has 0 radical (unpaired) electrons. The van der Waals surface area contributed by atoms with E-state index in [1.165, 1.54) is 6.07 Å². The molecule has 12 N–H and O–H groups in total. The van der Waals surface area contributed by atoms with E-state index in [1.54, 1.807) is 50.2 Å². The summed E-state index contributed by atoms with van der Waals surface area (Å²) >= 11 is 0. The van der Waals surface area contributed by atoms with Crippen LogP contribution in [0.25, 0.3) is 11.1 Å². The molecule has 0 aromatic heterocycles. The number of hydrogen-bond acceptors (Lipinski definition) is 29. The van der Waals surface area contributed by atoms with Gasteiger partial charge in [0.1, 0.15) is 54.7 Å². The van der Waals surface area contributed by atoms with Crippen molar-refractivity contribution in [2.45, 2.75) is 94.7 Å². The molecule has 2 aliphatic rings. The number of carbonyl (C=O) groups is 6. The maximum Gasteiger partial charge on any atom is 0.407 e. The van der Waals surface area contributed by atoms with Gasteiger partial charge in [0, 0.05) is 57.7 Å². The zero-order valence-electron chi connectivity index (χ0n) is 59.1. The van der Waals surface area contributed by atoms with Crippen LogP contribution in [-0.4, -0.2) is 326 Å². The second-order valence-electron chi connectivity index (χ2n) is 23.2. The van der Waals surface area contributed by atoms with Crippen LogP contribution in [0, 0.1) is 0 Å². The molecule has 3 aromatic carbocycles. The lowest BCUT2D eigenvalue weighted by Crippen LogP contribution is -2.57. The SMILES string of the molecule is C[C@@H]1O[C@@H](OCCOCCNC(=O)CCOCCOCCOCCOCCNC(=O)COc2ccc(-c3cc(OCC(=O)NCCOCCOCCOCCOCCC(=O)NCCOCCO[C@@H]4O[C@@H](C)[C@H](O)[C@@H](O)[C@H]4O)cc(C(=O)NCCNC(=O)OCc4ccccc4)c3)cc2)[C@H](O)[C@H](O)[C@H]1O. The van der Waals surface area contributed by atoms with Gasteiger partial charge in [-0.2, -0.15) is 0 Å². The number of carbonyl (C=O) groups excluding carboxylic acids is 6. The predicted molar refractivity (Wildman–Crippen MR) is 366 cm³/mol. The number of aliphatic hydroxyl groups is 6. The predicted octanol–water partition coefficient (Wildman–Crippen LogP) is -2.13. The highest BCUT2D eigenvalue weighted by Crippen LogP contribution is 2.29. The minimum absolute atomic E-state index is 0.0710. The van der Waals surface area contributed by atoms with E-state index in [-0.39, 0.29) is 180 Å². The summed E-state index contributed by atoms with van der Waals surface area (Å²) in [5.74, 6) is -1.07. The Labute approximate surface area is 604 Å². The lowest BCUT2D eigenvalue weighted by atomic mass is 10.0. The molecule has 0 aliphatic carbocycles. The summed E-state index contributed by atoms with van der Waals surface area (Å²) < 4.78 is 93.2. The molecule has 35 heteroatoms. The summed E-state index contributed by atoms with van der Waals surface area (Å²) in [5.41, 5.74) is 2.26. The Bertz CT molecular complexity index is 2840. The van der Waals surface area contributed by atoms with Crippen molar-refractivity contribution in [3.63, 3.8) is 0 Å². The van der Waals surface area contributed by atoms with E-state index in [0.29, 0.717) is 82.9 Å². The topological polar surface area (TPSA) is 453 Å². The molecular formula is C69H106N6O29. The molecule has 2 saturated heterocycles. The fourth-order valence-electron chi connectivity index (χ4n) is 9.37. The zero-order chi connectivity index (χ0) is 74.8. The molecule has 0 spiro atoms. The molecule has 104 heavy (non-hydrogen) atoms. The number of benzene rings is 3. The van der Waals surface area contributed by atoms with Gasteiger partial charge in [-0.3, -0.25) is 24.0 Å². The first-order valence-electron chi connectivity index (χ1n) is 34.7. The minimum atomic E-state index is -1.39. The Kier molecular flexibility index (Phi) is 45.4. The van der Waals surface area contributed by atoms with Crippen LogP contribution in [0.3, 0.4) is 0 Å². The molecule has 5 rings (SSSR count).